The minimum absolute atomic E-state index is 0.406. The average molecular weight is 439 g/mol. The Hall–Kier alpha value is -2.41. The van der Waals surface area contributed by atoms with Crippen molar-refractivity contribution >= 4 is 34.8 Å². The number of hydrogen-bond donors (Lipinski definition) is 3. The lowest BCUT2D eigenvalue weighted by Gasteiger charge is -2.31. The van der Waals surface area contributed by atoms with Gasteiger partial charge in [-0.05, 0) is 82.1 Å². The Balaban J connectivity index is 1.31. The zero-order valence-corrected chi connectivity index (χ0v) is 19.7. The smallest absolute Gasteiger partial charge is 0.225 e. The molecule has 6 nitrogen and oxygen atoms in total. The number of aryl methyl sites for hydroxylation is 2. The number of fused-ring (bicyclic) bond motifs is 1. The number of hydrogen-bond acceptors (Lipinski definition) is 5. The Labute approximate surface area is 191 Å². The number of aromatic nitrogens is 2. The van der Waals surface area contributed by atoms with Crippen LogP contribution in [0.4, 0.5) is 17.5 Å². The van der Waals surface area contributed by atoms with Crippen LogP contribution in [0.25, 0.3) is 0 Å². The molecule has 0 radical (unpaired) electrons. The zero-order chi connectivity index (χ0) is 21.8. The molecule has 0 spiro atoms. The molecule has 1 saturated carbocycles. The van der Waals surface area contributed by atoms with Crippen molar-refractivity contribution in [3.05, 3.63) is 41.1 Å². The van der Waals surface area contributed by atoms with Crippen LogP contribution in [0.5, 0.6) is 0 Å². The Morgan fingerprint density at radius 2 is 1.71 bits per heavy atom. The summed E-state index contributed by atoms with van der Waals surface area (Å²) in [5.41, 5.74) is 4.83. The maximum atomic E-state index is 5.54. The molecular formula is C24H34N6S. The van der Waals surface area contributed by atoms with E-state index < -0.39 is 0 Å². The Kier molecular flexibility index (Phi) is 6.90. The third kappa shape index (κ3) is 5.45. The number of rotatable bonds is 5. The van der Waals surface area contributed by atoms with E-state index in [2.05, 4.69) is 54.0 Å². The van der Waals surface area contributed by atoms with Gasteiger partial charge >= 0.3 is 0 Å². The average Bonchev–Trinajstić information content (AvgIpc) is 2.76. The molecule has 0 unspecified atom stereocenters. The van der Waals surface area contributed by atoms with Gasteiger partial charge in [-0.1, -0.05) is 18.2 Å². The minimum Gasteiger partial charge on any atom is -0.362 e. The van der Waals surface area contributed by atoms with Crippen molar-refractivity contribution in [3.8, 4) is 0 Å². The molecule has 2 aliphatic rings. The molecule has 1 aromatic carbocycles. The fourth-order valence-electron chi connectivity index (χ4n) is 4.63. The highest BCUT2D eigenvalue weighted by Gasteiger charge is 2.24. The SMILES string of the molecule is Cc1ccccc1NC(=S)NC1CCC(Nc2nc3c(c(N(C)C)n2)CCCC3)CC1. The summed E-state index contributed by atoms with van der Waals surface area (Å²) in [4.78, 5) is 11.9. The number of thiocarbonyl (C=S) groups is 1. The third-order valence-corrected chi connectivity index (χ3v) is 6.59. The molecule has 1 aromatic heterocycles. The summed E-state index contributed by atoms with van der Waals surface area (Å²) in [5, 5.41) is 11.2. The predicted molar refractivity (Wildman–Crippen MR) is 133 cm³/mol. The van der Waals surface area contributed by atoms with Crippen LogP contribution >= 0.6 is 12.2 Å². The number of nitrogens with one attached hydrogen (secondary N) is 3. The highest BCUT2D eigenvalue weighted by molar-refractivity contribution is 7.80. The highest BCUT2D eigenvalue weighted by atomic mass is 32.1. The summed E-state index contributed by atoms with van der Waals surface area (Å²) in [7, 11) is 4.15. The van der Waals surface area contributed by atoms with Gasteiger partial charge in [0.1, 0.15) is 5.82 Å². The van der Waals surface area contributed by atoms with Crippen molar-refractivity contribution in [3.63, 3.8) is 0 Å². The topological polar surface area (TPSA) is 65.1 Å². The summed E-state index contributed by atoms with van der Waals surface area (Å²) in [5.74, 6) is 1.87. The van der Waals surface area contributed by atoms with Gasteiger partial charge in [-0.15, -0.1) is 0 Å². The van der Waals surface area contributed by atoms with Crippen LogP contribution in [-0.2, 0) is 12.8 Å². The minimum atomic E-state index is 0.406. The molecule has 0 bridgehead atoms. The zero-order valence-electron chi connectivity index (χ0n) is 18.9. The summed E-state index contributed by atoms with van der Waals surface area (Å²) < 4.78 is 0. The molecule has 31 heavy (non-hydrogen) atoms. The van der Waals surface area contributed by atoms with Gasteiger partial charge in [-0.25, -0.2) is 4.98 Å². The molecule has 1 fully saturated rings. The van der Waals surface area contributed by atoms with E-state index in [-0.39, 0.29) is 0 Å². The van der Waals surface area contributed by atoms with Crippen LogP contribution in [0, 0.1) is 6.92 Å². The molecule has 2 aromatic rings. The first-order chi connectivity index (χ1) is 15.0. The van der Waals surface area contributed by atoms with Gasteiger partial charge in [0.05, 0.1) is 5.69 Å². The monoisotopic (exact) mass is 438 g/mol. The van der Waals surface area contributed by atoms with Gasteiger partial charge in [0.2, 0.25) is 5.95 Å². The van der Waals surface area contributed by atoms with E-state index in [1.807, 2.05) is 12.1 Å². The maximum absolute atomic E-state index is 5.54. The van der Waals surface area contributed by atoms with Crippen molar-refractivity contribution in [1.29, 1.82) is 0 Å². The van der Waals surface area contributed by atoms with E-state index in [1.165, 1.54) is 29.7 Å². The van der Waals surface area contributed by atoms with Crippen molar-refractivity contribution in [1.82, 2.24) is 15.3 Å². The molecule has 4 rings (SSSR count). The van der Waals surface area contributed by atoms with E-state index in [0.717, 1.165) is 56.0 Å². The number of benzene rings is 1. The van der Waals surface area contributed by atoms with Crippen molar-refractivity contribution in [2.24, 2.45) is 0 Å². The molecule has 3 N–H and O–H groups in total. The Bertz CT molecular complexity index is 920. The van der Waals surface area contributed by atoms with Gasteiger partial charge in [0.25, 0.3) is 0 Å². The van der Waals surface area contributed by atoms with Crippen LogP contribution in [0.3, 0.4) is 0 Å². The van der Waals surface area contributed by atoms with E-state index in [1.54, 1.807) is 0 Å². The second-order valence-corrected chi connectivity index (χ2v) is 9.41. The Morgan fingerprint density at radius 1 is 1.00 bits per heavy atom. The van der Waals surface area contributed by atoms with E-state index in [4.69, 9.17) is 22.2 Å². The molecule has 0 amide bonds. The van der Waals surface area contributed by atoms with Crippen LogP contribution in [0.2, 0.25) is 0 Å². The quantitative estimate of drug-likeness (QED) is 0.597. The number of para-hydroxylation sites is 1. The lowest BCUT2D eigenvalue weighted by molar-refractivity contribution is 0.387. The fourth-order valence-corrected chi connectivity index (χ4v) is 4.91. The summed E-state index contributed by atoms with van der Waals surface area (Å²) in [6.45, 7) is 2.09. The van der Waals surface area contributed by atoms with Gasteiger partial charge in [-0.3, -0.25) is 0 Å². The number of anilines is 3. The van der Waals surface area contributed by atoms with Crippen molar-refractivity contribution in [2.75, 3.05) is 29.6 Å². The lowest BCUT2D eigenvalue weighted by Crippen LogP contribution is -2.42. The van der Waals surface area contributed by atoms with Crippen LogP contribution in [0.1, 0.15) is 55.3 Å². The predicted octanol–water partition coefficient (Wildman–Crippen LogP) is 4.44. The van der Waals surface area contributed by atoms with Crippen LogP contribution < -0.4 is 20.9 Å². The third-order valence-electron chi connectivity index (χ3n) is 6.37. The second kappa shape index (κ2) is 9.81. The normalized spacial score (nSPS) is 20.5. The van der Waals surface area contributed by atoms with E-state index >= 15 is 0 Å². The maximum Gasteiger partial charge on any atom is 0.225 e. The molecule has 2 aliphatic carbocycles. The summed E-state index contributed by atoms with van der Waals surface area (Å²) in [6.07, 6.45) is 8.96. The molecular weight excluding hydrogens is 404 g/mol. The number of nitrogens with zero attached hydrogens (tertiary/aromatic N) is 3. The molecule has 166 valence electrons. The van der Waals surface area contributed by atoms with Gasteiger partial charge in [0.15, 0.2) is 5.11 Å². The van der Waals surface area contributed by atoms with Crippen LogP contribution in [0.15, 0.2) is 24.3 Å². The molecule has 0 atom stereocenters. The lowest BCUT2D eigenvalue weighted by atomic mass is 9.91. The van der Waals surface area contributed by atoms with Crippen LogP contribution in [-0.4, -0.2) is 41.3 Å². The first-order valence-electron chi connectivity index (χ1n) is 11.5. The van der Waals surface area contributed by atoms with Crippen molar-refractivity contribution in [2.45, 2.75) is 70.4 Å². The highest BCUT2D eigenvalue weighted by Crippen LogP contribution is 2.29. The summed E-state index contributed by atoms with van der Waals surface area (Å²) >= 11 is 5.54. The summed E-state index contributed by atoms with van der Waals surface area (Å²) in [6, 6.07) is 9.03. The van der Waals surface area contributed by atoms with Crippen molar-refractivity contribution < 1.29 is 0 Å². The van der Waals surface area contributed by atoms with E-state index in [0.29, 0.717) is 17.2 Å². The van der Waals surface area contributed by atoms with Gasteiger partial charge in [-0.2, -0.15) is 4.98 Å². The second-order valence-electron chi connectivity index (χ2n) is 9.00. The first-order valence-corrected chi connectivity index (χ1v) is 11.9. The Morgan fingerprint density at radius 3 is 2.45 bits per heavy atom. The molecule has 0 aliphatic heterocycles. The first kappa shape index (κ1) is 21.8. The molecule has 0 saturated heterocycles. The van der Waals surface area contributed by atoms with Gasteiger partial charge < -0.3 is 20.9 Å². The molecule has 1 heterocycles. The molecule has 7 heteroatoms. The van der Waals surface area contributed by atoms with E-state index in [9.17, 15) is 0 Å². The van der Waals surface area contributed by atoms with Gasteiger partial charge in [0, 0.05) is 37.4 Å². The fraction of sp³-hybridized carbons (Fsp3) is 0.542. The standard InChI is InChI=1S/C24H34N6S/c1-16-8-4-6-10-20(16)28-24(31)26-18-14-12-17(13-15-18)25-23-27-21-11-7-5-9-19(21)22(29-23)30(2)3/h4,6,8,10,17-18H,5,7,9,11-15H2,1-3H3,(H,25,27,29)(H2,26,28,31). The largest absolute Gasteiger partial charge is 0.362 e.